The molecule has 0 spiro atoms. The Kier molecular flexibility index (Phi) is 4.47. The van der Waals surface area contributed by atoms with Crippen LogP contribution in [0.4, 0.5) is 0 Å². The molecule has 0 saturated heterocycles. The van der Waals surface area contributed by atoms with E-state index in [2.05, 4.69) is 45.9 Å². The van der Waals surface area contributed by atoms with Crippen LogP contribution in [0.25, 0.3) is 57.0 Å². The Morgan fingerprint density at radius 1 is 0.758 bits per heavy atom. The fourth-order valence-corrected chi connectivity index (χ4v) is 3.82. The summed E-state index contributed by atoms with van der Waals surface area (Å²) < 4.78 is 0. The highest BCUT2D eigenvalue weighted by Crippen LogP contribution is 2.22. The predicted octanol–water partition coefficient (Wildman–Crippen LogP) is 5.34. The summed E-state index contributed by atoms with van der Waals surface area (Å²) >= 11 is 0. The molecule has 8 nitrogen and oxygen atoms in total. The number of fused-ring (bicyclic) bond motifs is 2. The van der Waals surface area contributed by atoms with Crippen LogP contribution in [0.5, 0.6) is 0 Å². The maximum atomic E-state index is 4.67. The summed E-state index contributed by atoms with van der Waals surface area (Å²) in [5.41, 5.74) is 6.85. The van der Waals surface area contributed by atoms with E-state index in [0.29, 0.717) is 0 Å². The van der Waals surface area contributed by atoms with Crippen molar-refractivity contribution in [2.45, 2.75) is 6.92 Å². The number of imidazole rings is 4. The Morgan fingerprint density at radius 2 is 1.33 bits per heavy atom. The molecule has 6 aromatic rings. The molecular weight excluding hydrogens is 412 g/mol. The van der Waals surface area contributed by atoms with E-state index in [-0.39, 0.29) is 0 Å². The van der Waals surface area contributed by atoms with Crippen molar-refractivity contribution in [3.8, 4) is 22.8 Å². The van der Waals surface area contributed by atoms with Gasteiger partial charge in [0.15, 0.2) is 0 Å². The minimum Gasteiger partial charge on any atom is -0.345 e. The molecule has 33 heavy (non-hydrogen) atoms. The number of aromatic nitrogens is 8. The van der Waals surface area contributed by atoms with Crippen molar-refractivity contribution in [1.82, 2.24) is 39.9 Å². The van der Waals surface area contributed by atoms with Crippen LogP contribution >= 0.6 is 0 Å². The molecule has 6 rings (SSSR count). The number of rotatable bonds is 5. The molecule has 8 heteroatoms. The van der Waals surface area contributed by atoms with E-state index in [4.69, 9.17) is 0 Å². The van der Waals surface area contributed by atoms with Gasteiger partial charge in [-0.05, 0) is 61.0 Å². The first kappa shape index (κ1) is 19.0. The van der Waals surface area contributed by atoms with Gasteiger partial charge in [0.2, 0.25) is 0 Å². The van der Waals surface area contributed by atoms with Gasteiger partial charge in [-0.1, -0.05) is 6.08 Å². The Balaban J connectivity index is 1.23. The molecule has 4 aromatic heterocycles. The van der Waals surface area contributed by atoms with E-state index in [1.54, 1.807) is 12.4 Å². The quantitative estimate of drug-likeness (QED) is 0.275. The topological polar surface area (TPSA) is 115 Å². The van der Waals surface area contributed by atoms with Crippen LogP contribution in [0.1, 0.15) is 18.6 Å². The number of hydrogen-bond acceptors (Lipinski definition) is 4. The van der Waals surface area contributed by atoms with Crippen LogP contribution in [-0.4, -0.2) is 39.9 Å². The number of benzene rings is 2. The van der Waals surface area contributed by atoms with Gasteiger partial charge in [-0.2, -0.15) is 0 Å². The monoisotopic (exact) mass is 432 g/mol. The second kappa shape index (κ2) is 7.76. The minimum atomic E-state index is 0.794. The summed E-state index contributed by atoms with van der Waals surface area (Å²) in [7, 11) is 0. The molecule has 0 unspecified atom stereocenters. The van der Waals surface area contributed by atoms with E-state index in [0.717, 1.165) is 62.1 Å². The molecule has 0 atom stereocenters. The zero-order valence-electron chi connectivity index (χ0n) is 17.8. The fraction of sp³-hybridized carbons (Fsp3) is 0.0400. The van der Waals surface area contributed by atoms with Gasteiger partial charge in [-0.15, -0.1) is 0 Å². The van der Waals surface area contributed by atoms with E-state index >= 15 is 0 Å². The Labute approximate surface area is 188 Å². The third-order valence-electron chi connectivity index (χ3n) is 5.41. The molecule has 0 bridgehead atoms. The molecule has 0 amide bonds. The average molecular weight is 432 g/mol. The number of H-pyrrole nitrogens is 4. The highest BCUT2D eigenvalue weighted by Gasteiger charge is 2.06. The maximum Gasteiger partial charge on any atom is 0.137 e. The van der Waals surface area contributed by atoms with Crippen molar-refractivity contribution >= 4 is 34.2 Å². The van der Waals surface area contributed by atoms with Gasteiger partial charge >= 0.3 is 0 Å². The van der Waals surface area contributed by atoms with E-state index < -0.39 is 0 Å². The van der Waals surface area contributed by atoms with Crippen LogP contribution < -0.4 is 0 Å². The molecule has 160 valence electrons. The highest BCUT2D eigenvalue weighted by atomic mass is 14.9. The van der Waals surface area contributed by atoms with Crippen LogP contribution in [0.15, 0.2) is 72.8 Å². The molecule has 4 heterocycles. The lowest BCUT2D eigenvalue weighted by Crippen LogP contribution is -1.80. The maximum absolute atomic E-state index is 4.67. The lowest BCUT2D eigenvalue weighted by Gasteiger charge is -1.95. The molecule has 0 fully saturated rings. The largest absolute Gasteiger partial charge is 0.345 e. The average Bonchev–Trinajstić information content (AvgIpc) is 3.62. The normalized spacial score (nSPS) is 12.5. The summed E-state index contributed by atoms with van der Waals surface area (Å²) in [6.07, 6.45) is 13.1. The number of nitrogens with one attached hydrogen (secondary N) is 4. The third-order valence-corrected chi connectivity index (χ3v) is 5.41. The number of hydrogen-bond donors (Lipinski definition) is 4. The van der Waals surface area contributed by atoms with Crippen LogP contribution in [-0.2, 0) is 0 Å². The van der Waals surface area contributed by atoms with Gasteiger partial charge in [0, 0.05) is 35.9 Å². The zero-order valence-corrected chi connectivity index (χ0v) is 17.8. The highest BCUT2D eigenvalue weighted by molar-refractivity contribution is 5.83. The van der Waals surface area contributed by atoms with E-state index in [1.165, 1.54) is 0 Å². The molecule has 0 aliphatic heterocycles. The van der Waals surface area contributed by atoms with E-state index in [1.807, 2.05) is 67.9 Å². The second-order valence-electron chi connectivity index (χ2n) is 7.81. The van der Waals surface area contributed by atoms with Crippen molar-refractivity contribution in [2.24, 2.45) is 0 Å². The van der Waals surface area contributed by atoms with Crippen molar-refractivity contribution in [3.63, 3.8) is 0 Å². The van der Waals surface area contributed by atoms with Crippen LogP contribution in [0, 0.1) is 0 Å². The van der Waals surface area contributed by atoms with Gasteiger partial charge in [0.05, 0.1) is 22.1 Å². The summed E-state index contributed by atoms with van der Waals surface area (Å²) in [6.45, 7) is 2.04. The van der Waals surface area contributed by atoms with Crippen LogP contribution in [0.3, 0.4) is 0 Å². The first-order valence-corrected chi connectivity index (χ1v) is 10.6. The fourth-order valence-electron chi connectivity index (χ4n) is 3.82. The number of allylic oxidation sites excluding steroid dienone is 2. The lowest BCUT2D eigenvalue weighted by atomic mass is 10.2. The molecule has 4 N–H and O–H groups in total. The first-order chi connectivity index (χ1) is 16.2. The SMILES string of the molecule is CC(/C=C/c1nc2ccc(-c3ncc[nH]3)cc2[nH]1)=C\c1nc2ccc(-c3ncc[nH]3)cc2[nH]1. The van der Waals surface area contributed by atoms with Gasteiger partial charge in [-0.3, -0.25) is 0 Å². The summed E-state index contributed by atoms with van der Waals surface area (Å²) in [6, 6.07) is 12.1. The summed E-state index contributed by atoms with van der Waals surface area (Å²) in [5, 5.41) is 0. The van der Waals surface area contributed by atoms with Gasteiger partial charge in [0.25, 0.3) is 0 Å². The second-order valence-corrected chi connectivity index (χ2v) is 7.81. The van der Waals surface area contributed by atoms with Gasteiger partial charge < -0.3 is 19.9 Å². The molecule has 0 saturated carbocycles. The number of nitrogens with zero attached hydrogens (tertiary/aromatic N) is 4. The summed E-state index contributed by atoms with van der Waals surface area (Å²) in [4.78, 5) is 30.9. The van der Waals surface area contributed by atoms with E-state index in [9.17, 15) is 0 Å². The molecule has 2 aromatic carbocycles. The van der Waals surface area contributed by atoms with Crippen molar-refractivity contribution in [3.05, 3.63) is 84.5 Å². The molecule has 0 radical (unpaired) electrons. The zero-order chi connectivity index (χ0) is 22.2. The predicted molar refractivity (Wildman–Crippen MR) is 130 cm³/mol. The van der Waals surface area contributed by atoms with Crippen molar-refractivity contribution < 1.29 is 0 Å². The smallest absolute Gasteiger partial charge is 0.137 e. The Morgan fingerprint density at radius 3 is 1.91 bits per heavy atom. The Bertz CT molecular complexity index is 1610. The van der Waals surface area contributed by atoms with Crippen LogP contribution in [0.2, 0.25) is 0 Å². The minimum absolute atomic E-state index is 0.794. The van der Waals surface area contributed by atoms with Gasteiger partial charge in [0.1, 0.15) is 23.3 Å². The first-order valence-electron chi connectivity index (χ1n) is 10.6. The number of aromatic amines is 4. The van der Waals surface area contributed by atoms with Gasteiger partial charge in [-0.25, -0.2) is 19.9 Å². The molecular formula is C25H20N8. The standard InChI is InChI=1S/C25H20N8/c1-15(12-23-31-19-6-4-17(14-21(19)33-23)25-28-10-11-29-25)2-7-22-30-18-5-3-16(13-20(18)32-22)24-26-8-9-27-24/h2-14H,1H3,(H,26,27)(H,28,29)(H,30,32)(H,31,33)/b7-2+,15-12+. The van der Waals surface area contributed by atoms with Crippen molar-refractivity contribution in [1.29, 1.82) is 0 Å². The summed E-state index contributed by atoms with van der Waals surface area (Å²) in [5.74, 6) is 3.27. The Hall–Kier alpha value is -4.72. The third kappa shape index (κ3) is 3.74. The van der Waals surface area contributed by atoms with Crippen molar-refractivity contribution in [2.75, 3.05) is 0 Å². The lowest BCUT2D eigenvalue weighted by molar-refractivity contribution is 1.28. The molecule has 0 aliphatic rings. The molecule has 0 aliphatic carbocycles.